The maximum Gasteiger partial charge on any atom is 0.227 e. The van der Waals surface area contributed by atoms with E-state index in [2.05, 4.69) is 17.3 Å². The highest BCUT2D eigenvalue weighted by Gasteiger charge is 2.63. The highest BCUT2D eigenvalue weighted by molar-refractivity contribution is 5.84. The van der Waals surface area contributed by atoms with Crippen molar-refractivity contribution in [2.45, 2.75) is 39.5 Å². The number of hydrogen-bond donors (Lipinski definition) is 1. The van der Waals surface area contributed by atoms with E-state index in [0.29, 0.717) is 5.92 Å². The van der Waals surface area contributed by atoms with Gasteiger partial charge in [0, 0.05) is 39.1 Å². The Morgan fingerprint density at radius 3 is 2.35 bits per heavy atom. The summed E-state index contributed by atoms with van der Waals surface area (Å²) in [6.45, 7) is 7.58. The lowest BCUT2D eigenvalue weighted by Gasteiger charge is -2.44. The third-order valence-corrected chi connectivity index (χ3v) is 6.77. The van der Waals surface area contributed by atoms with E-state index in [1.54, 1.807) is 7.05 Å². The molecule has 23 heavy (non-hydrogen) atoms. The van der Waals surface area contributed by atoms with Gasteiger partial charge in [-0.1, -0.05) is 13.8 Å². The minimum atomic E-state index is -0.201. The van der Waals surface area contributed by atoms with Crippen molar-refractivity contribution in [3.05, 3.63) is 0 Å². The summed E-state index contributed by atoms with van der Waals surface area (Å²) in [7, 11) is 3.90. The second-order valence-corrected chi connectivity index (χ2v) is 8.33. The van der Waals surface area contributed by atoms with Gasteiger partial charge in [0.25, 0.3) is 0 Å². The van der Waals surface area contributed by atoms with Gasteiger partial charge in [0.05, 0.1) is 5.41 Å². The molecule has 1 spiro atoms. The van der Waals surface area contributed by atoms with Gasteiger partial charge in [-0.05, 0) is 44.1 Å². The van der Waals surface area contributed by atoms with Gasteiger partial charge in [0.1, 0.15) is 0 Å². The van der Waals surface area contributed by atoms with E-state index in [1.807, 2.05) is 18.7 Å². The first-order valence-electron chi connectivity index (χ1n) is 9.04. The topological polar surface area (TPSA) is 52.7 Å². The molecule has 3 fully saturated rings. The SMILES string of the molecule is CNC(=O)[C@@]12CCC3(CCN(C(=O)C(C)C)CC3)[C@@H]1CN(C)C2. The monoisotopic (exact) mass is 321 g/mol. The molecule has 2 aliphatic heterocycles. The molecule has 0 radical (unpaired) electrons. The van der Waals surface area contributed by atoms with Crippen LogP contribution in [0.25, 0.3) is 0 Å². The van der Waals surface area contributed by atoms with Crippen LogP contribution >= 0.6 is 0 Å². The summed E-state index contributed by atoms with van der Waals surface area (Å²) in [5.74, 6) is 1.02. The van der Waals surface area contributed by atoms with Crippen LogP contribution < -0.4 is 5.32 Å². The van der Waals surface area contributed by atoms with E-state index >= 15 is 0 Å². The number of likely N-dealkylation sites (tertiary alicyclic amines) is 2. The maximum absolute atomic E-state index is 12.6. The molecule has 1 saturated carbocycles. The van der Waals surface area contributed by atoms with Gasteiger partial charge >= 0.3 is 0 Å². The van der Waals surface area contributed by atoms with Crippen LogP contribution in [0.1, 0.15) is 39.5 Å². The quantitative estimate of drug-likeness (QED) is 0.835. The Bertz CT molecular complexity index is 496. The van der Waals surface area contributed by atoms with E-state index in [4.69, 9.17) is 0 Å². The summed E-state index contributed by atoms with van der Waals surface area (Å²) in [6.07, 6.45) is 4.26. The summed E-state index contributed by atoms with van der Waals surface area (Å²) in [4.78, 5) is 29.3. The summed E-state index contributed by atoms with van der Waals surface area (Å²) in [6, 6.07) is 0. The van der Waals surface area contributed by atoms with Crippen molar-refractivity contribution < 1.29 is 9.59 Å². The fourth-order valence-electron chi connectivity index (χ4n) is 5.55. The van der Waals surface area contributed by atoms with Crippen molar-refractivity contribution >= 4 is 11.8 Å². The molecule has 130 valence electrons. The van der Waals surface area contributed by atoms with Crippen LogP contribution in [0.2, 0.25) is 0 Å². The van der Waals surface area contributed by atoms with Gasteiger partial charge in [0.2, 0.25) is 11.8 Å². The summed E-state index contributed by atoms with van der Waals surface area (Å²) >= 11 is 0. The van der Waals surface area contributed by atoms with Crippen molar-refractivity contribution in [2.24, 2.45) is 22.7 Å². The van der Waals surface area contributed by atoms with Crippen LogP contribution in [0.3, 0.4) is 0 Å². The molecule has 0 aromatic heterocycles. The Kier molecular flexibility index (Phi) is 4.20. The average molecular weight is 321 g/mol. The van der Waals surface area contributed by atoms with E-state index < -0.39 is 0 Å². The van der Waals surface area contributed by atoms with Gasteiger partial charge in [-0.2, -0.15) is 0 Å². The molecule has 3 rings (SSSR count). The van der Waals surface area contributed by atoms with Crippen LogP contribution in [0.15, 0.2) is 0 Å². The third kappa shape index (κ3) is 2.48. The molecule has 2 heterocycles. The molecule has 2 atom stereocenters. The Morgan fingerprint density at radius 1 is 1.13 bits per heavy atom. The lowest BCUT2D eigenvalue weighted by molar-refractivity contribution is -0.138. The Hall–Kier alpha value is -1.10. The normalized spacial score (nSPS) is 33.3. The molecular formula is C18H31N3O2. The third-order valence-electron chi connectivity index (χ3n) is 6.77. The smallest absolute Gasteiger partial charge is 0.227 e. The first-order chi connectivity index (χ1) is 10.8. The van der Waals surface area contributed by atoms with Crippen LogP contribution in [-0.2, 0) is 9.59 Å². The Morgan fingerprint density at radius 2 is 1.78 bits per heavy atom. The minimum Gasteiger partial charge on any atom is -0.359 e. The van der Waals surface area contributed by atoms with Gasteiger partial charge < -0.3 is 15.1 Å². The molecule has 1 N–H and O–H groups in total. The maximum atomic E-state index is 12.6. The van der Waals surface area contributed by atoms with E-state index in [0.717, 1.165) is 51.9 Å². The summed E-state index contributed by atoms with van der Waals surface area (Å²) in [5.41, 5.74) is 0.0543. The standard InChI is InChI=1S/C18H31N3O2/c1-13(2)15(22)21-9-7-17(8-10-21)5-6-18(16(23)19-3)12-20(4)11-14(17)18/h13-14H,5-12H2,1-4H3,(H,19,23)/t14-,18+/m0/s1. The molecule has 0 bridgehead atoms. The summed E-state index contributed by atoms with van der Waals surface area (Å²) in [5, 5.41) is 2.92. The number of piperidine rings is 1. The van der Waals surface area contributed by atoms with Crippen LogP contribution in [0.5, 0.6) is 0 Å². The number of nitrogens with one attached hydrogen (secondary N) is 1. The van der Waals surface area contributed by atoms with E-state index in [1.165, 1.54) is 0 Å². The largest absolute Gasteiger partial charge is 0.359 e. The van der Waals surface area contributed by atoms with E-state index in [-0.39, 0.29) is 28.6 Å². The molecule has 5 nitrogen and oxygen atoms in total. The molecule has 1 aliphatic carbocycles. The second-order valence-electron chi connectivity index (χ2n) is 8.33. The zero-order valence-electron chi connectivity index (χ0n) is 15.0. The van der Waals surface area contributed by atoms with Crippen LogP contribution in [-0.4, -0.2) is 61.9 Å². The van der Waals surface area contributed by atoms with Gasteiger partial charge in [-0.25, -0.2) is 0 Å². The number of rotatable bonds is 2. The van der Waals surface area contributed by atoms with E-state index in [9.17, 15) is 9.59 Å². The number of nitrogens with zero attached hydrogens (tertiary/aromatic N) is 2. The molecule has 2 amide bonds. The lowest BCUT2D eigenvalue weighted by atomic mass is 9.65. The fraction of sp³-hybridized carbons (Fsp3) is 0.889. The highest BCUT2D eigenvalue weighted by Crippen LogP contribution is 2.61. The number of carbonyl (C=O) groups excluding carboxylic acids is 2. The zero-order valence-corrected chi connectivity index (χ0v) is 15.0. The van der Waals surface area contributed by atoms with Crippen LogP contribution in [0, 0.1) is 22.7 Å². The second kappa shape index (κ2) is 5.76. The van der Waals surface area contributed by atoms with Crippen molar-refractivity contribution in [3.63, 3.8) is 0 Å². The molecule has 0 aromatic rings. The van der Waals surface area contributed by atoms with Crippen molar-refractivity contribution in [1.29, 1.82) is 0 Å². The molecule has 2 saturated heterocycles. The zero-order chi connectivity index (χ0) is 16.8. The number of carbonyl (C=O) groups is 2. The number of fused-ring (bicyclic) bond motifs is 2. The predicted molar refractivity (Wildman–Crippen MR) is 89.8 cm³/mol. The van der Waals surface area contributed by atoms with Crippen molar-refractivity contribution in [1.82, 2.24) is 15.1 Å². The molecule has 5 heteroatoms. The number of amides is 2. The minimum absolute atomic E-state index is 0.0789. The average Bonchev–Trinajstić information content (AvgIpc) is 3.02. The highest BCUT2D eigenvalue weighted by atomic mass is 16.2. The summed E-state index contributed by atoms with van der Waals surface area (Å²) < 4.78 is 0. The first-order valence-corrected chi connectivity index (χ1v) is 9.04. The van der Waals surface area contributed by atoms with Crippen LogP contribution in [0.4, 0.5) is 0 Å². The first kappa shape index (κ1) is 16.7. The Labute approximate surface area is 139 Å². The number of hydrogen-bond acceptors (Lipinski definition) is 3. The predicted octanol–water partition coefficient (Wildman–Crippen LogP) is 1.34. The lowest BCUT2D eigenvalue weighted by Crippen LogP contribution is -2.49. The Balaban J connectivity index is 1.78. The van der Waals surface area contributed by atoms with Gasteiger partial charge in [-0.3, -0.25) is 9.59 Å². The molecule has 3 aliphatic rings. The van der Waals surface area contributed by atoms with Gasteiger partial charge in [0.15, 0.2) is 0 Å². The molecule has 0 aromatic carbocycles. The fourth-order valence-corrected chi connectivity index (χ4v) is 5.55. The molecular weight excluding hydrogens is 290 g/mol. The molecule has 0 unspecified atom stereocenters. The van der Waals surface area contributed by atoms with Gasteiger partial charge in [-0.15, -0.1) is 0 Å². The van der Waals surface area contributed by atoms with Crippen molar-refractivity contribution in [2.75, 3.05) is 40.3 Å². The van der Waals surface area contributed by atoms with Crippen molar-refractivity contribution in [3.8, 4) is 0 Å².